The molecule has 0 bridgehead atoms. The molecule has 0 fully saturated rings. The molecule has 1 aromatic heterocycles. The van der Waals surface area contributed by atoms with Crippen molar-refractivity contribution in [3.63, 3.8) is 0 Å². The van der Waals surface area contributed by atoms with Crippen molar-refractivity contribution in [3.8, 4) is 11.5 Å². The van der Waals surface area contributed by atoms with Crippen LogP contribution in [0.5, 0.6) is 11.5 Å². The number of aromatic nitrogens is 1. The van der Waals surface area contributed by atoms with Crippen LogP contribution in [0, 0.1) is 0 Å². The van der Waals surface area contributed by atoms with E-state index in [0.717, 1.165) is 0 Å². The lowest BCUT2D eigenvalue weighted by Gasteiger charge is -2.35. The minimum absolute atomic E-state index is 0.168. The van der Waals surface area contributed by atoms with Gasteiger partial charge in [-0.2, -0.15) is 5.43 Å². The first-order valence-electron chi connectivity index (χ1n) is 7.88. The molecule has 11 heteroatoms. The van der Waals surface area contributed by atoms with Crippen molar-refractivity contribution in [3.05, 3.63) is 40.1 Å². The summed E-state index contributed by atoms with van der Waals surface area (Å²) in [5, 5.41) is 3.03. The lowest BCUT2D eigenvalue weighted by Crippen LogP contribution is -2.51. The summed E-state index contributed by atoms with van der Waals surface area (Å²) < 4.78 is 32.9. The average Bonchev–Trinajstić information content (AvgIpc) is 2.66. The minimum atomic E-state index is -1.03. The Morgan fingerprint density at radius 3 is 2.54 bits per heavy atom. The van der Waals surface area contributed by atoms with Gasteiger partial charge in [-0.3, -0.25) is 14.2 Å². The number of nitrogens with zero attached hydrogens (tertiary/aromatic N) is 1. The Bertz CT molecular complexity index is 848. The molecule has 0 saturated carbocycles. The normalized spacial score (nSPS) is 13.8. The third-order valence-corrected chi connectivity index (χ3v) is 4.09. The van der Waals surface area contributed by atoms with Gasteiger partial charge < -0.3 is 20.2 Å². The van der Waals surface area contributed by atoms with Gasteiger partial charge in [-0.25, -0.2) is 4.39 Å². The van der Waals surface area contributed by atoms with Gasteiger partial charge in [-0.1, -0.05) is 23.2 Å². The summed E-state index contributed by atoms with van der Waals surface area (Å²) in [5.41, 5.74) is 5.76. The zero-order chi connectivity index (χ0) is 20.9. The van der Waals surface area contributed by atoms with Crippen molar-refractivity contribution in [2.75, 3.05) is 24.8 Å². The van der Waals surface area contributed by atoms with Crippen molar-refractivity contribution >= 4 is 40.5 Å². The Labute approximate surface area is 170 Å². The van der Waals surface area contributed by atoms with Crippen molar-refractivity contribution in [2.45, 2.75) is 19.6 Å². The summed E-state index contributed by atoms with van der Waals surface area (Å²) >= 11 is 12.1. The number of nitrogens with one attached hydrogen (secondary N) is 3. The summed E-state index contributed by atoms with van der Waals surface area (Å²) in [7, 11) is 0.500. The van der Waals surface area contributed by atoms with E-state index in [1.807, 2.05) is 0 Å². The highest BCUT2D eigenvalue weighted by atomic mass is 35.5. The number of alkyl halides is 2. The third kappa shape index (κ3) is 4.73. The molecule has 2 heterocycles. The Morgan fingerprint density at radius 2 is 1.93 bits per heavy atom. The van der Waals surface area contributed by atoms with Crippen LogP contribution in [0.15, 0.2) is 24.5 Å². The van der Waals surface area contributed by atoms with E-state index < -0.39 is 18.5 Å². The topological polar surface area (TPSA) is 84.5 Å². The number of ether oxygens (including phenoxy) is 2. The van der Waals surface area contributed by atoms with Crippen LogP contribution in [0.25, 0.3) is 0 Å². The molecule has 0 radical (unpaired) electrons. The van der Waals surface area contributed by atoms with Gasteiger partial charge in [0, 0.05) is 12.4 Å². The van der Waals surface area contributed by atoms with Crippen LogP contribution in [-0.4, -0.2) is 30.7 Å². The van der Waals surface area contributed by atoms with Crippen LogP contribution in [-0.2, 0) is 0 Å². The second kappa shape index (κ2) is 9.22. The molecule has 28 heavy (non-hydrogen) atoms. The van der Waals surface area contributed by atoms with Crippen LogP contribution in [0.1, 0.15) is 24.2 Å². The van der Waals surface area contributed by atoms with Crippen LogP contribution >= 0.6 is 23.2 Å². The highest BCUT2D eigenvalue weighted by Crippen LogP contribution is 2.42. The molecule has 1 aromatic carbocycles. The Hall–Kier alpha value is -2.36. The molecule has 1 amide bonds. The van der Waals surface area contributed by atoms with Gasteiger partial charge >= 0.3 is 0 Å². The minimum Gasteiger partial charge on any atom is -0.466 e. The summed E-state index contributed by atoms with van der Waals surface area (Å²) in [6.45, 7) is 2.48. The fraction of sp³-hybridized carbons (Fsp3) is 0.294. The molecule has 1 aliphatic heterocycles. The van der Waals surface area contributed by atoms with E-state index in [2.05, 4.69) is 21.2 Å². The number of carbonyl (C=O) groups is 1. The largest absolute Gasteiger partial charge is 0.466 e. The van der Waals surface area contributed by atoms with E-state index in [0.29, 0.717) is 12.9 Å². The van der Waals surface area contributed by atoms with Crippen LogP contribution < -0.4 is 25.6 Å². The molecule has 3 N–H and O–H groups in total. The average molecular weight is 435 g/mol. The van der Waals surface area contributed by atoms with Crippen LogP contribution in [0.3, 0.4) is 0 Å². The van der Waals surface area contributed by atoms with Gasteiger partial charge in [0.1, 0.15) is 5.69 Å². The van der Waals surface area contributed by atoms with Gasteiger partial charge in [-0.05, 0) is 26.0 Å². The molecular formula is C17H18Cl2F2N4O3. The number of hydrogen-bond donors (Lipinski definition) is 3. The van der Waals surface area contributed by atoms with Crippen LogP contribution in [0.4, 0.5) is 20.2 Å². The van der Waals surface area contributed by atoms with E-state index in [1.54, 1.807) is 13.8 Å². The quantitative estimate of drug-likeness (QED) is 0.652. The van der Waals surface area contributed by atoms with Crippen molar-refractivity contribution in [2.24, 2.45) is 0 Å². The summed E-state index contributed by atoms with van der Waals surface area (Å²) in [4.78, 5) is 16.6. The molecule has 1 aliphatic rings. The second-order valence-corrected chi connectivity index (χ2v) is 6.68. The second-order valence-electron chi connectivity index (χ2n) is 5.86. The first-order chi connectivity index (χ1) is 13.3. The maximum absolute atomic E-state index is 12.7. The molecule has 0 unspecified atom stereocenters. The number of hydrogen-bond acceptors (Lipinski definition) is 6. The standard InChI is InChI=1S/C16H15Cl2FN4O3.CH3F/c1-16(2)23-22-12-8(3-4-11(25-7-19)14(12)26-16)15(24)21-13-9(17)5-20-6-10(13)18;1-2/h3-6,22-23H,7H2,1-2H3,(H,20,21,24);1H3. The smallest absolute Gasteiger partial charge is 0.258 e. The Kier molecular flexibility index (Phi) is 7.22. The number of hydrazine groups is 1. The lowest BCUT2D eigenvalue weighted by molar-refractivity contribution is 0.0626. The molecule has 2 aromatic rings. The molecular weight excluding hydrogens is 417 g/mol. The van der Waals surface area contributed by atoms with E-state index >= 15 is 0 Å². The maximum Gasteiger partial charge on any atom is 0.258 e. The zero-order valence-corrected chi connectivity index (χ0v) is 16.7. The fourth-order valence-corrected chi connectivity index (χ4v) is 2.82. The molecule has 0 atom stereocenters. The number of carbonyl (C=O) groups excluding carboxylic acids is 1. The van der Waals surface area contributed by atoms with Gasteiger partial charge in [0.15, 0.2) is 17.2 Å². The molecule has 152 valence electrons. The fourth-order valence-electron chi connectivity index (χ4n) is 2.36. The summed E-state index contributed by atoms with van der Waals surface area (Å²) in [5.74, 6) is -0.118. The van der Waals surface area contributed by atoms with E-state index in [4.69, 9.17) is 32.7 Å². The zero-order valence-electron chi connectivity index (χ0n) is 15.2. The Balaban J connectivity index is 0.00000136. The van der Waals surface area contributed by atoms with Crippen molar-refractivity contribution in [1.82, 2.24) is 10.4 Å². The van der Waals surface area contributed by atoms with E-state index in [9.17, 15) is 13.6 Å². The number of rotatable bonds is 4. The maximum atomic E-state index is 12.7. The molecule has 3 rings (SSSR count). The van der Waals surface area contributed by atoms with E-state index in [1.165, 1.54) is 24.5 Å². The number of anilines is 2. The predicted octanol–water partition coefficient (Wildman–Crippen LogP) is 4.58. The lowest BCUT2D eigenvalue weighted by atomic mass is 10.1. The SMILES string of the molecule is CC1(C)NNc2c(C(=O)Nc3c(Cl)cncc3Cl)ccc(OCF)c2O1.CF. The van der Waals surface area contributed by atoms with Crippen LogP contribution in [0.2, 0.25) is 10.0 Å². The first kappa shape index (κ1) is 21.9. The molecule has 0 aliphatic carbocycles. The third-order valence-electron chi connectivity index (χ3n) is 3.51. The number of benzene rings is 1. The first-order valence-corrected chi connectivity index (χ1v) is 8.64. The number of halogens is 4. The number of pyridine rings is 1. The predicted molar refractivity (Wildman–Crippen MR) is 104 cm³/mol. The molecule has 7 nitrogen and oxygen atoms in total. The highest BCUT2D eigenvalue weighted by molar-refractivity contribution is 6.39. The van der Waals surface area contributed by atoms with Gasteiger partial charge in [0.25, 0.3) is 5.91 Å². The summed E-state index contributed by atoms with van der Waals surface area (Å²) in [6, 6.07) is 2.92. The highest BCUT2D eigenvalue weighted by Gasteiger charge is 2.32. The monoisotopic (exact) mass is 434 g/mol. The van der Waals surface area contributed by atoms with Gasteiger partial charge in [0.05, 0.1) is 28.5 Å². The summed E-state index contributed by atoms with van der Waals surface area (Å²) in [6.07, 6.45) is 2.73. The van der Waals surface area contributed by atoms with Gasteiger partial charge in [0.2, 0.25) is 6.86 Å². The molecule has 0 spiro atoms. The number of amides is 1. The number of fused-ring (bicyclic) bond motifs is 1. The van der Waals surface area contributed by atoms with E-state index in [-0.39, 0.29) is 32.8 Å². The Morgan fingerprint density at radius 1 is 1.29 bits per heavy atom. The van der Waals surface area contributed by atoms with Crippen molar-refractivity contribution in [1.29, 1.82) is 0 Å². The van der Waals surface area contributed by atoms with Crippen molar-refractivity contribution < 1.29 is 23.0 Å². The molecule has 0 saturated heterocycles. The van der Waals surface area contributed by atoms with Gasteiger partial charge in [-0.15, -0.1) is 0 Å².